The maximum Gasteiger partial charge on any atom is 0.336 e. The summed E-state index contributed by atoms with van der Waals surface area (Å²) < 4.78 is 15.6. The van der Waals surface area contributed by atoms with Crippen LogP contribution in [0.4, 0.5) is 0 Å². The molecule has 1 amide bonds. The van der Waals surface area contributed by atoms with E-state index in [9.17, 15) is 14.4 Å². The van der Waals surface area contributed by atoms with Gasteiger partial charge in [-0.05, 0) is 37.0 Å². The molecule has 1 saturated carbocycles. The Morgan fingerprint density at radius 1 is 1.19 bits per heavy atom. The maximum absolute atomic E-state index is 12.6. The molecule has 7 heteroatoms. The average molecular weight is 357 g/mol. The fraction of sp³-hybridized carbons (Fsp3) is 0.421. The van der Waals surface area contributed by atoms with Crippen molar-refractivity contribution >= 4 is 22.8 Å². The maximum atomic E-state index is 12.6. The first kappa shape index (κ1) is 16.6. The van der Waals surface area contributed by atoms with Crippen LogP contribution < -0.4 is 10.4 Å². The predicted molar refractivity (Wildman–Crippen MR) is 91.6 cm³/mol. The molecular formula is C19H19NO6. The Kier molecular flexibility index (Phi) is 3.94. The van der Waals surface area contributed by atoms with Crippen LogP contribution in [0.5, 0.6) is 5.75 Å². The van der Waals surface area contributed by atoms with Crippen LogP contribution in [-0.2, 0) is 14.3 Å². The lowest BCUT2D eigenvalue weighted by Gasteiger charge is -2.23. The minimum Gasteiger partial charge on any atom is -0.481 e. The third-order valence-corrected chi connectivity index (χ3v) is 5.23. The van der Waals surface area contributed by atoms with Crippen LogP contribution in [-0.4, -0.2) is 43.1 Å². The van der Waals surface area contributed by atoms with Gasteiger partial charge in [0.1, 0.15) is 11.3 Å². The fourth-order valence-corrected chi connectivity index (χ4v) is 3.82. The van der Waals surface area contributed by atoms with Crippen molar-refractivity contribution in [3.05, 3.63) is 40.8 Å². The van der Waals surface area contributed by atoms with Crippen LogP contribution in [0.15, 0.2) is 39.5 Å². The van der Waals surface area contributed by atoms with Crippen molar-refractivity contribution in [2.75, 3.05) is 20.2 Å². The quantitative estimate of drug-likeness (QED) is 0.608. The van der Waals surface area contributed by atoms with E-state index >= 15 is 0 Å². The highest BCUT2D eigenvalue weighted by Gasteiger charge is 2.61. The number of carbonyl (C=O) groups is 2. The summed E-state index contributed by atoms with van der Waals surface area (Å²) in [6.07, 6.45) is -0.669. The van der Waals surface area contributed by atoms with E-state index in [1.54, 1.807) is 36.1 Å². The molecule has 1 aliphatic heterocycles. The number of amides is 1. The summed E-state index contributed by atoms with van der Waals surface area (Å²) in [5.74, 6) is 0.500. The highest BCUT2D eigenvalue weighted by Crippen LogP contribution is 2.52. The van der Waals surface area contributed by atoms with Gasteiger partial charge < -0.3 is 18.8 Å². The van der Waals surface area contributed by atoms with Gasteiger partial charge in [-0.3, -0.25) is 9.59 Å². The molecule has 2 unspecified atom stereocenters. The topological polar surface area (TPSA) is 86.0 Å². The number of rotatable bonds is 4. The molecule has 1 aromatic heterocycles. The van der Waals surface area contributed by atoms with E-state index in [0.29, 0.717) is 24.4 Å². The number of piperidine rings is 1. The van der Waals surface area contributed by atoms with Gasteiger partial charge in [0.2, 0.25) is 0 Å². The third-order valence-electron chi connectivity index (χ3n) is 5.23. The summed E-state index contributed by atoms with van der Waals surface area (Å²) in [7, 11) is 1.39. The smallest absolute Gasteiger partial charge is 0.336 e. The van der Waals surface area contributed by atoms with E-state index < -0.39 is 11.7 Å². The second-order valence-electron chi connectivity index (χ2n) is 6.83. The molecule has 2 heterocycles. The lowest BCUT2D eigenvalue weighted by Crippen LogP contribution is -2.41. The molecule has 0 N–H and O–H groups in total. The van der Waals surface area contributed by atoms with Crippen LogP contribution in [0, 0.1) is 17.8 Å². The first-order chi connectivity index (χ1) is 12.5. The standard InChI is InChI=1S/C19H19NO6/c1-10(18(22)20-8-13-14(9-20)17(13)19(23)24-2)25-12-5-3-11-4-6-16(21)26-15(11)7-12/h3-7,10,13-14,17H,8-9H2,1-2H3/t10?,13-,14+,17?. The van der Waals surface area contributed by atoms with Gasteiger partial charge >= 0.3 is 11.6 Å². The summed E-state index contributed by atoms with van der Waals surface area (Å²) in [5.41, 5.74) is -0.0202. The Labute approximate surface area is 149 Å². The Hall–Kier alpha value is -2.83. The van der Waals surface area contributed by atoms with E-state index in [-0.39, 0.29) is 29.6 Å². The van der Waals surface area contributed by atoms with E-state index in [1.165, 1.54) is 13.2 Å². The van der Waals surface area contributed by atoms with Gasteiger partial charge in [0.15, 0.2) is 6.10 Å². The van der Waals surface area contributed by atoms with Crippen LogP contribution in [0.25, 0.3) is 11.0 Å². The average Bonchev–Trinajstić information content (AvgIpc) is 3.13. The van der Waals surface area contributed by atoms with Crippen molar-refractivity contribution in [1.29, 1.82) is 0 Å². The molecule has 1 aromatic carbocycles. The summed E-state index contributed by atoms with van der Waals surface area (Å²) in [6, 6.07) is 8.15. The Balaban J connectivity index is 1.40. The van der Waals surface area contributed by atoms with Gasteiger partial charge in [0.05, 0.1) is 13.0 Å². The molecule has 2 fully saturated rings. The zero-order valence-electron chi connectivity index (χ0n) is 14.5. The molecule has 0 spiro atoms. The van der Waals surface area contributed by atoms with Gasteiger partial charge in [0, 0.05) is 30.6 Å². The summed E-state index contributed by atoms with van der Waals surface area (Å²) in [5, 5.41) is 0.782. The van der Waals surface area contributed by atoms with Crippen molar-refractivity contribution in [3.8, 4) is 5.75 Å². The van der Waals surface area contributed by atoms with Crippen LogP contribution in [0.1, 0.15) is 6.92 Å². The Morgan fingerprint density at radius 3 is 2.58 bits per heavy atom. The first-order valence-electron chi connectivity index (χ1n) is 8.55. The SMILES string of the molecule is COC(=O)C1[C@H]2CN(C(=O)C(C)Oc3ccc4ccc(=O)oc4c3)C[C@@H]12. The summed E-state index contributed by atoms with van der Waals surface area (Å²) in [4.78, 5) is 37.2. The first-order valence-corrected chi connectivity index (χ1v) is 8.55. The number of likely N-dealkylation sites (tertiary alicyclic amines) is 1. The summed E-state index contributed by atoms with van der Waals surface area (Å²) in [6.45, 7) is 2.81. The fourth-order valence-electron chi connectivity index (χ4n) is 3.82. The third kappa shape index (κ3) is 2.83. The largest absolute Gasteiger partial charge is 0.481 e. The van der Waals surface area contributed by atoms with Crippen molar-refractivity contribution in [1.82, 2.24) is 4.90 Å². The van der Waals surface area contributed by atoms with Gasteiger partial charge in [-0.2, -0.15) is 0 Å². The highest BCUT2D eigenvalue weighted by atomic mass is 16.5. The zero-order valence-corrected chi connectivity index (χ0v) is 14.5. The highest BCUT2D eigenvalue weighted by molar-refractivity contribution is 5.83. The lowest BCUT2D eigenvalue weighted by atomic mass is 10.2. The Bertz CT molecular complexity index is 923. The van der Waals surface area contributed by atoms with Crippen molar-refractivity contribution in [3.63, 3.8) is 0 Å². The summed E-state index contributed by atoms with van der Waals surface area (Å²) >= 11 is 0. The number of fused-ring (bicyclic) bond motifs is 2. The zero-order chi connectivity index (χ0) is 18.4. The normalized spacial score (nSPS) is 24.8. The van der Waals surface area contributed by atoms with Crippen LogP contribution in [0.2, 0.25) is 0 Å². The number of methoxy groups -OCH3 is 1. The van der Waals surface area contributed by atoms with E-state index in [1.807, 2.05) is 0 Å². The monoisotopic (exact) mass is 357 g/mol. The van der Waals surface area contributed by atoms with Gasteiger partial charge in [-0.15, -0.1) is 0 Å². The van der Waals surface area contributed by atoms with Crippen molar-refractivity contribution in [2.24, 2.45) is 17.8 Å². The number of carbonyl (C=O) groups excluding carboxylic acids is 2. The molecule has 4 atom stereocenters. The molecule has 2 aromatic rings. The molecule has 0 bridgehead atoms. The number of nitrogens with zero attached hydrogens (tertiary/aromatic N) is 1. The molecular weight excluding hydrogens is 338 g/mol. The second kappa shape index (κ2) is 6.16. The van der Waals surface area contributed by atoms with Gasteiger partial charge in [0.25, 0.3) is 5.91 Å². The van der Waals surface area contributed by atoms with Gasteiger partial charge in [-0.25, -0.2) is 4.79 Å². The van der Waals surface area contributed by atoms with Gasteiger partial charge in [-0.1, -0.05) is 0 Å². The van der Waals surface area contributed by atoms with Crippen LogP contribution >= 0.6 is 0 Å². The van der Waals surface area contributed by atoms with Crippen LogP contribution in [0.3, 0.4) is 0 Å². The molecule has 26 heavy (non-hydrogen) atoms. The minimum atomic E-state index is -0.669. The molecule has 4 rings (SSSR count). The number of ether oxygens (including phenoxy) is 2. The number of esters is 1. The molecule has 136 valence electrons. The number of hydrogen-bond acceptors (Lipinski definition) is 6. The molecule has 1 saturated heterocycles. The molecule has 2 aliphatic rings. The lowest BCUT2D eigenvalue weighted by molar-refractivity contribution is -0.145. The predicted octanol–water partition coefficient (Wildman–Crippen LogP) is 1.44. The Morgan fingerprint density at radius 2 is 1.88 bits per heavy atom. The number of benzene rings is 1. The molecule has 0 radical (unpaired) electrons. The van der Waals surface area contributed by atoms with E-state index in [4.69, 9.17) is 13.9 Å². The number of hydrogen-bond donors (Lipinski definition) is 0. The minimum absolute atomic E-state index is 0.0661. The van der Waals surface area contributed by atoms with Crippen molar-refractivity contribution < 1.29 is 23.5 Å². The van der Waals surface area contributed by atoms with E-state index in [0.717, 1.165) is 5.39 Å². The van der Waals surface area contributed by atoms with E-state index in [2.05, 4.69) is 0 Å². The molecule has 7 nitrogen and oxygen atoms in total. The van der Waals surface area contributed by atoms with Crippen molar-refractivity contribution in [2.45, 2.75) is 13.0 Å². The second-order valence-corrected chi connectivity index (χ2v) is 6.83. The molecule has 1 aliphatic carbocycles.